The highest BCUT2D eigenvalue weighted by atomic mass is 32.2. The topological polar surface area (TPSA) is 9.23 Å². The van der Waals surface area contributed by atoms with Gasteiger partial charge in [-0.2, -0.15) is 0 Å². The lowest BCUT2D eigenvalue weighted by molar-refractivity contribution is 0.297. The van der Waals surface area contributed by atoms with E-state index in [2.05, 4.69) is 31.4 Å². The van der Waals surface area contributed by atoms with E-state index in [1.807, 2.05) is 6.07 Å². The summed E-state index contributed by atoms with van der Waals surface area (Å²) in [7, 11) is 0. The standard InChI is InChI=1S/C19H32OS/c1-3-4-5-6-7-8-9-10-11-14-17-20-18-15-12-13-16-19(18)21-2/h12-13,15-16H,3-11,14,17H2,1-2H3. The third kappa shape index (κ3) is 9.08. The van der Waals surface area contributed by atoms with Crippen molar-refractivity contribution in [2.45, 2.75) is 76.0 Å². The minimum Gasteiger partial charge on any atom is -0.492 e. The molecule has 0 heterocycles. The second-order valence-corrected chi connectivity index (χ2v) is 6.53. The fraction of sp³-hybridized carbons (Fsp3) is 0.684. The average molecular weight is 309 g/mol. The van der Waals surface area contributed by atoms with Crippen LogP contribution in [0.15, 0.2) is 29.2 Å². The Morgan fingerprint density at radius 3 is 2.00 bits per heavy atom. The van der Waals surface area contributed by atoms with Crippen molar-refractivity contribution in [2.24, 2.45) is 0 Å². The van der Waals surface area contributed by atoms with E-state index in [0.29, 0.717) is 0 Å². The molecule has 0 atom stereocenters. The SMILES string of the molecule is CCCCCCCCCCCCOc1ccccc1SC. The third-order valence-electron chi connectivity index (χ3n) is 3.82. The van der Waals surface area contributed by atoms with Gasteiger partial charge in [0.15, 0.2) is 0 Å². The molecule has 120 valence electrons. The number of benzene rings is 1. The first-order chi connectivity index (χ1) is 10.4. The number of thioether (sulfide) groups is 1. The number of hydrogen-bond acceptors (Lipinski definition) is 2. The van der Waals surface area contributed by atoms with Crippen molar-refractivity contribution in [3.63, 3.8) is 0 Å². The Hall–Kier alpha value is -0.630. The van der Waals surface area contributed by atoms with Crippen LogP contribution in [-0.4, -0.2) is 12.9 Å². The van der Waals surface area contributed by atoms with E-state index in [9.17, 15) is 0 Å². The summed E-state index contributed by atoms with van der Waals surface area (Å²) in [6, 6.07) is 8.31. The fourth-order valence-corrected chi connectivity index (χ4v) is 3.05. The molecule has 0 saturated carbocycles. The molecule has 0 aliphatic carbocycles. The van der Waals surface area contributed by atoms with E-state index in [1.54, 1.807) is 11.8 Å². The minimum absolute atomic E-state index is 0.855. The van der Waals surface area contributed by atoms with Crippen molar-refractivity contribution in [2.75, 3.05) is 12.9 Å². The molecule has 2 heteroatoms. The van der Waals surface area contributed by atoms with Gasteiger partial charge in [0.2, 0.25) is 0 Å². The number of ether oxygens (including phenoxy) is 1. The summed E-state index contributed by atoms with van der Waals surface area (Å²) < 4.78 is 5.88. The largest absolute Gasteiger partial charge is 0.492 e. The molecule has 0 fully saturated rings. The van der Waals surface area contributed by atoms with Gasteiger partial charge >= 0.3 is 0 Å². The van der Waals surface area contributed by atoms with Crippen LogP contribution >= 0.6 is 11.8 Å². The smallest absolute Gasteiger partial charge is 0.132 e. The molecule has 21 heavy (non-hydrogen) atoms. The van der Waals surface area contributed by atoms with Gasteiger partial charge < -0.3 is 4.74 Å². The Bertz CT molecular complexity index is 351. The zero-order chi connectivity index (χ0) is 15.2. The Balaban J connectivity index is 1.93. The van der Waals surface area contributed by atoms with E-state index >= 15 is 0 Å². The molecule has 1 nitrogen and oxygen atoms in total. The summed E-state index contributed by atoms with van der Waals surface area (Å²) in [4.78, 5) is 1.24. The van der Waals surface area contributed by atoms with Crippen molar-refractivity contribution in [3.8, 4) is 5.75 Å². The predicted octanol–water partition coefficient (Wildman–Crippen LogP) is 6.71. The quantitative estimate of drug-likeness (QED) is 0.296. The van der Waals surface area contributed by atoms with Gasteiger partial charge in [0.25, 0.3) is 0 Å². The maximum Gasteiger partial charge on any atom is 0.132 e. The fourth-order valence-electron chi connectivity index (χ4n) is 2.51. The van der Waals surface area contributed by atoms with Crippen LogP contribution in [0.4, 0.5) is 0 Å². The van der Waals surface area contributed by atoms with Crippen LogP contribution in [-0.2, 0) is 0 Å². The highest BCUT2D eigenvalue weighted by molar-refractivity contribution is 7.98. The Morgan fingerprint density at radius 1 is 0.810 bits per heavy atom. The molecule has 0 spiro atoms. The summed E-state index contributed by atoms with van der Waals surface area (Å²) in [6.45, 7) is 3.13. The van der Waals surface area contributed by atoms with Gasteiger partial charge in [0, 0.05) is 4.90 Å². The highest BCUT2D eigenvalue weighted by Gasteiger charge is 2.00. The molecule has 0 aliphatic heterocycles. The van der Waals surface area contributed by atoms with Crippen LogP contribution in [0.25, 0.3) is 0 Å². The van der Waals surface area contributed by atoms with Crippen LogP contribution < -0.4 is 4.74 Å². The number of para-hydroxylation sites is 1. The van der Waals surface area contributed by atoms with E-state index in [4.69, 9.17) is 4.74 Å². The molecule has 1 aromatic carbocycles. The lowest BCUT2D eigenvalue weighted by Crippen LogP contribution is -1.98. The van der Waals surface area contributed by atoms with Crippen molar-refractivity contribution >= 4 is 11.8 Å². The summed E-state index contributed by atoms with van der Waals surface area (Å²) in [5.41, 5.74) is 0. The van der Waals surface area contributed by atoms with Crippen molar-refractivity contribution < 1.29 is 4.74 Å². The first kappa shape index (κ1) is 18.4. The summed E-state index contributed by atoms with van der Waals surface area (Å²) in [5, 5.41) is 0. The molecule has 0 N–H and O–H groups in total. The summed E-state index contributed by atoms with van der Waals surface area (Å²) >= 11 is 1.75. The third-order valence-corrected chi connectivity index (χ3v) is 4.60. The molecule has 0 unspecified atom stereocenters. The molecular formula is C19H32OS. The first-order valence-electron chi connectivity index (χ1n) is 8.64. The second-order valence-electron chi connectivity index (χ2n) is 5.68. The van der Waals surface area contributed by atoms with Crippen LogP contribution in [0.3, 0.4) is 0 Å². The van der Waals surface area contributed by atoms with Gasteiger partial charge in [-0.15, -0.1) is 11.8 Å². The number of hydrogen-bond donors (Lipinski definition) is 0. The molecule has 1 rings (SSSR count). The summed E-state index contributed by atoms with van der Waals surface area (Å²) in [5.74, 6) is 1.04. The van der Waals surface area contributed by atoms with Gasteiger partial charge in [0.05, 0.1) is 6.61 Å². The van der Waals surface area contributed by atoms with Gasteiger partial charge in [-0.3, -0.25) is 0 Å². The van der Waals surface area contributed by atoms with E-state index < -0.39 is 0 Å². The molecule has 0 amide bonds. The van der Waals surface area contributed by atoms with Crippen LogP contribution in [0.5, 0.6) is 5.75 Å². The Labute approximate surface area is 135 Å². The predicted molar refractivity (Wildman–Crippen MR) is 95.6 cm³/mol. The Morgan fingerprint density at radius 2 is 1.38 bits per heavy atom. The maximum absolute atomic E-state index is 5.88. The van der Waals surface area contributed by atoms with Gasteiger partial charge in [-0.05, 0) is 24.8 Å². The molecule has 0 saturated heterocycles. The number of unbranched alkanes of at least 4 members (excludes halogenated alkanes) is 9. The lowest BCUT2D eigenvalue weighted by atomic mass is 10.1. The maximum atomic E-state index is 5.88. The van der Waals surface area contributed by atoms with Gasteiger partial charge in [-0.1, -0.05) is 76.8 Å². The van der Waals surface area contributed by atoms with Crippen molar-refractivity contribution in [1.29, 1.82) is 0 Å². The molecule has 0 aromatic heterocycles. The second kappa shape index (κ2) is 13.1. The zero-order valence-corrected chi connectivity index (χ0v) is 14.7. The molecule has 0 bridgehead atoms. The Kier molecular flexibility index (Phi) is 11.5. The molecule has 0 radical (unpaired) electrons. The van der Waals surface area contributed by atoms with Crippen LogP contribution in [0.2, 0.25) is 0 Å². The molecule has 0 aliphatic rings. The van der Waals surface area contributed by atoms with Gasteiger partial charge in [0.1, 0.15) is 5.75 Å². The van der Waals surface area contributed by atoms with E-state index in [0.717, 1.165) is 12.4 Å². The number of rotatable bonds is 13. The van der Waals surface area contributed by atoms with E-state index in [-0.39, 0.29) is 0 Å². The van der Waals surface area contributed by atoms with E-state index in [1.165, 1.54) is 69.1 Å². The van der Waals surface area contributed by atoms with Crippen molar-refractivity contribution in [3.05, 3.63) is 24.3 Å². The normalized spacial score (nSPS) is 10.8. The van der Waals surface area contributed by atoms with Crippen LogP contribution in [0.1, 0.15) is 71.1 Å². The average Bonchev–Trinajstić information content (AvgIpc) is 2.53. The first-order valence-corrected chi connectivity index (χ1v) is 9.86. The van der Waals surface area contributed by atoms with Crippen LogP contribution in [0, 0.1) is 0 Å². The summed E-state index contributed by atoms with van der Waals surface area (Å²) in [6.07, 6.45) is 15.8. The molecular weight excluding hydrogens is 276 g/mol. The highest BCUT2D eigenvalue weighted by Crippen LogP contribution is 2.27. The molecule has 1 aromatic rings. The van der Waals surface area contributed by atoms with Gasteiger partial charge in [-0.25, -0.2) is 0 Å². The van der Waals surface area contributed by atoms with Crippen molar-refractivity contribution in [1.82, 2.24) is 0 Å². The lowest BCUT2D eigenvalue weighted by Gasteiger charge is -2.09. The zero-order valence-electron chi connectivity index (χ0n) is 13.9. The minimum atomic E-state index is 0.855. The monoisotopic (exact) mass is 308 g/mol.